The number of carboxylic acid groups (broad SMARTS) is 1. The number of carbonyl (C=O) groups is 3. The first-order valence-electron chi connectivity index (χ1n) is 7.11. The van der Waals surface area contributed by atoms with E-state index in [2.05, 4.69) is 5.32 Å². The van der Waals surface area contributed by atoms with Gasteiger partial charge in [0.15, 0.2) is 0 Å². The van der Waals surface area contributed by atoms with Gasteiger partial charge in [0.25, 0.3) is 0 Å². The molecule has 0 aromatic carbocycles. The summed E-state index contributed by atoms with van der Waals surface area (Å²) in [6.07, 6.45) is -2.05. The fraction of sp³-hybridized carbons (Fsp3) is 0.786. The van der Waals surface area contributed by atoms with E-state index in [1.165, 1.54) is 13.8 Å². The molecule has 8 nitrogen and oxygen atoms in total. The number of rotatable bonds is 6. The van der Waals surface area contributed by atoms with Crippen molar-refractivity contribution in [2.45, 2.75) is 65.3 Å². The third-order valence-electron chi connectivity index (χ3n) is 2.87. The van der Waals surface area contributed by atoms with Crippen molar-refractivity contribution >= 4 is 18.0 Å². The Balaban J connectivity index is 5.12. The predicted molar refractivity (Wildman–Crippen MR) is 79.3 cm³/mol. The molecule has 2 amide bonds. The van der Waals surface area contributed by atoms with E-state index in [0.29, 0.717) is 0 Å². The van der Waals surface area contributed by atoms with E-state index < -0.39 is 41.8 Å². The third kappa shape index (κ3) is 6.30. The van der Waals surface area contributed by atoms with E-state index >= 15 is 0 Å². The van der Waals surface area contributed by atoms with Crippen LogP contribution in [0.15, 0.2) is 0 Å². The number of ether oxygens (including phenoxy) is 1. The Hall–Kier alpha value is -1.83. The molecule has 0 saturated carbocycles. The third-order valence-corrected chi connectivity index (χ3v) is 2.87. The number of nitrogens with one attached hydrogen (secondary N) is 1. The van der Waals surface area contributed by atoms with E-state index in [1.54, 1.807) is 27.7 Å². The Morgan fingerprint density at radius 1 is 1.23 bits per heavy atom. The number of likely N-dealkylation sites (N-methyl/N-ethyl adjacent to an activating group) is 1. The molecule has 0 aliphatic rings. The largest absolute Gasteiger partial charge is 0.480 e. The summed E-state index contributed by atoms with van der Waals surface area (Å²) in [5.41, 5.74) is -0.755. The van der Waals surface area contributed by atoms with Crippen molar-refractivity contribution < 1.29 is 29.3 Å². The number of carboxylic acids is 1. The highest BCUT2D eigenvalue weighted by Crippen LogP contribution is 2.10. The molecule has 1 unspecified atom stereocenters. The lowest BCUT2D eigenvalue weighted by atomic mass is 10.1. The molecule has 0 heterocycles. The minimum Gasteiger partial charge on any atom is -0.480 e. The Kier molecular flexibility index (Phi) is 7.31. The maximum Gasteiger partial charge on any atom is 0.408 e. The minimum absolute atomic E-state index is 0.130. The van der Waals surface area contributed by atoms with Gasteiger partial charge in [0.2, 0.25) is 5.91 Å². The summed E-state index contributed by atoms with van der Waals surface area (Å²) in [5, 5.41) is 21.0. The van der Waals surface area contributed by atoms with Crippen molar-refractivity contribution in [2.75, 3.05) is 6.54 Å². The van der Waals surface area contributed by atoms with Gasteiger partial charge in [-0.1, -0.05) is 0 Å². The summed E-state index contributed by atoms with van der Waals surface area (Å²) in [5.74, 6) is -1.85. The second-order valence-electron chi connectivity index (χ2n) is 6.00. The molecule has 3 N–H and O–H groups in total. The molecule has 0 aromatic heterocycles. The molecule has 22 heavy (non-hydrogen) atoms. The van der Waals surface area contributed by atoms with Gasteiger partial charge >= 0.3 is 12.1 Å². The number of aliphatic carboxylic acids is 1. The van der Waals surface area contributed by atoms with Gasteiger partial charge in [-0.05, 0) is 41.5 Å². The number of carbonyl (C=O) groups excluding carboxylic acids is 2. The highest BCUT2D eigenvalue weighted by Gasteiger charge is 2.34. The van der Waals surface area contributed by atoms with Crippen LogP contribution in [0, 0.1) is 0 Å². The zero-order chi connectivity index (χ0) is 17.7. The molecule has 0 bridgehead atoms. The summed E-state index contributed by atoms with van der Waals surface area (Å²) >= 11 is 0. The van der Waals surface area contributed by atoms with Gasteiger partial charge in [-0.25, -0.2) is 9.59 Å². The van der Waals surface area contributed by atoms with Crippen LogP contribution in [0.5, 0.6) is 0 Å². The van der Waals surface area contributed by atoms with E-state index in [4.69, 9.17) is 9.84 Å². The van der Waals surface area contributed by atoms with Gasteiger partial charge in [0.1, 0.15) is 17.7 Å². The molecule has 0 spiro atoms. The molecule has 0 saturated heterocycles. The zero-order valence-corrected chi connectivity index (χ0v) is 13.9. The lowest BCUT2D eigenvalue weighted by Gasteiger charge is -2.31. The van der Waals surface area contributed by atoms with Crippen molar-refractivity contribution in [3.8, 4) is 0 Å². The second kappa shape index (κ2) is 7.98. The van der Waals surface area contributed by atoms with Gasteiger partial charge < -0.3 is 25.2 Å². The van der Waals surface area contributed by atoms with Crippen molar-refractivity contribution in [2.24, 2.45) is 0 Å². The standard InChI is InChI=1S/C14H26N2O6/c1-7-16(8(2)12(19)20)11(18)10(9(3)17)15-13(21)22-14(4,5)6/h8-10,17H,7H2,1-6H3,(H,15,21)(H,19,20)/t8-,9?,10+/m1/s1. The monoisotopic (exact) mass is 318 g/mol. The van der Waals surface area contributed by atoms with E-state index in [1.807, 2.05) is 0 Å². The van der Waals surface area contributed by atoms with Gasteiger partial charge in [-0.15, -0.1) is 0 Å². The summed E-state index contributed by atoms with van der Waals surface area (Å²) in [6.45, 7) is 9.43. The topological polar surface area (TPSA) is 116 Å². The normalized spacial score (nSPS) is 15.4. The molecule has 128 valence electrons. The Morgan fingerprint density at radius 2 is 1.73 bits per heavy atom. The highest BCUT2D eigenvalue weighted by atomic mass is 16.6. The van der Waals surface area contributed by atoms with Crippen molar-refractivity contribution in [1.82, 2.24) is 10.2 Å². The number of hydrogen-bond acceptors (Lipinski definition) is 5. The molecule has 0 fully saturated rings. The van der Waals surface area contributed by atoms with E-state index in [9.17, 15) is 19.5 Å². The molecular weight excluding hydrogens is 292 g/mol. The van der Waals surface area contributed by atoms with Crippen LogP contribution in [0.1, 0.15) is 41.5 Å². The lowest BCUT2D eigenvalue weighted by molar-refractivity contribution is -0.151. The lowest BCUT2D eigenvalue weighted by Crippen LogP contribution is -2.57. The van der Waals surface area contributed by atoms with Crippen LogP contribution in [0.2, 0.25) is 0 Å². The Labute approximate surface area is 130 Å². The smallest absolute Gasteiger partial charge is 0.408 e. The van der Waals surface area contributed by atoms with Crippen LogP contribution in [0.4, 0.5) is 4.79 Å². The zero-order valence-electron chi connectivity index (χ0n) is 13.9. The maximum atomic E-state index is 12.4. The average molecular weight is 318 g/mol. The van der Waals surface area contributed by atoms with Crippen LogP contribution < -0.4 is 5.32 Å². The quantitative estimate of drug-likeness (QED) is 0.660. The summed E-state index contributed by atoms with van der Waals surface area (Å²) in [4.78, 5) is 36.3. The molecule has 0 rings (SSSR count). The van der Waals surface area contributed by atoms with Crippen LogP contribution in [0.25, 0.3) is 0 Å². The molecule has 0 aromatic rings. The van der Waals surface area contributed by atoms with Crippen LogP contribution in [-0.2, 0) is 14.3 Å². The van der Waals surface area contributed by atoms with Gasteiger partial charge in [-0.2, -0.15) is 0 Å². The highest BCUT2D eigenvalue weighted by molar-refractivity contribution is 5.89. The maximum absolute atomic E-state index is 12.4. The predicted octanol–water partition coefficient (Wildman–Crippen LogP) is 0.582. The molecule has 8 heteroatoms. The van der Waals surface area contributed by atoms with Gasteiger partial charge in [0, 0.05) is 6.54 Å². The van der Waals surface area contributed by atoms with Crippen LogP contribution in [0.3, 0.4) is 0 Å². The number of hydrogen-bond donors (Lipinski definition) is 3. The van der Waals surface area contributed by atoms with Crippen molar-refractivity contribution in [1.29, 1.82) is 0 Å². The fourth-order valence-electron chi connectivity index (χ4n) is 1.76. The second-order valence-corrected chi connectivity index (χ2v) is 6.00. The number of aliphatic hydroxyl groups excluding tert-OH is 1. The molecule has 0 aliphatic heterocycles. The first-order valence-corrected chi connectivity index (χ1v) is 7.11. The Morgan fingerprint density at radius 3 is 2.05 bits per heavy atom. The molecule has 0 aliphatic carbocycles. The minimum atomic E-state index is -1.28. The first-order chi connectivity index (χ1) is 9.90. The average Bonchev–Trinajstić information content (AvgIpc) is 2.33. The SMILES string of the molecule is CCN(C(=O)[C@@H](NC(=O)OC(C)(C)C)C(C)O)[C@H](C)C(=O)O. The molecular formula is C14H26N2O6. The van der Waals surface area contributed by atoms with Gasteiger partial charge in [-0.3, -0.25) is 4.79 Å². The number of amides is 2. The fourth-order valence-corrected chi connectivity index (χ4v) is 1.76. The van der Waals surface area contributed by atoms with Gasteiger partial charge in [0.05, 0.1) is 6.10 Å². The van der Waals surface area contributed by atoms with Crippen molar-refractivity contribution in [3.63, 3.8) is 0 Å². The summed E-state index contributed by atoms with van der Waals surface area (Å²) < 4.78 is 5.04. The van der Waals surface area contributed by atoms with Crippen molar-refractivity contribution in [3.05, 3.63) is 0 Å². The first kappa shape index (κ1) is 20.2. The molecule has 0 radical (unpaired) electrons. The van der Waals surface area contributed by atoms with E-state index in [-0.39, 0.29) is 6.54 Å². The Bertz CT molecular complexity index is 416. The van der Waals surface area contributed by atoms with E-state index in [0.717, 1.165) is 4.90 Å². The molecule has 3 atom stereocenters. The van der Waals surface area contributed by atoms with Crippen LogP contribution in [-0.4, -0.2) is 63.4 Å². The number of nitrogens with zero attached hydrogens (tertiary/aromatic N) is 1. The van der Waals surface area contributed by atoms with Crippen LogP contribution >= 0.6 is 0 Å². The number of alkyl carbamates (subject to hydrolysis) is 1. The summed E-state index contributed by atoms with van der Waals surface area (Å²) in [7, 11) is 0. The number of aliphatic hydroxyl groups is 1. The summed E-state index contributed by atoms with van der Waals surface area (Å²) in [6, 6.07) is -2.35.